The molecule has 0 aromatic heterocycles. The first-order valence-electron chi connectivity index (χ1n) is 2.66. The van der Waals surface area contributed by atoms with E-state index >= 15 is 0 Å². The van der Waals surface area contributed by atoms with Gasteiger partial charge in [0.05, 0.1) is 0 Å². The summed E-state index contributed by atoms with van der Waals surface area (Å²) in [6.07, 6.45) is 0. The Morgan fingerprint density at radius 2 is 1.67 bits per heavy atom. The van der Waals surface area contributed by atoms with E-state index < -0.39 is 0 Å². The second-order valence-electron chi connectivity index (χ2n) is 1.62. The molecule has 0 aliphatic rings. The topological polar surface area (TPSA) is 0 Å². The normalized spacial score (nSPS) is 9.44. The van der Waals surface area contributed by atoms with E-state index in [2.05, 4.69) is 30.9 Å². The van der Waals surface area contributed by atoms with Crippen LogP contribution in [0, 0.1) is 0 Å². The van der Waals surface area contributed by atoms with Gasteiger partial charge in [0.15, 0.2) is 0 Å². The third-order valence-electron chi connectivity index (χ3n) is 1.06. The molecule has 0 bridgehead atoms. The van der Waals surface area contributed by atoms with Crippen LogP contribution in [0.5, 0.6) is 0 Å². The molecule has 1 rings (SSSR count). The summed E-state index contributed by atoms with van der Waals surface area (Å²) in [5.74, 6) is 0. The maximum Gasteiger partial charge on any atom is 1.00 e. The van der Waals surface area contributed by atoms with Crippen molar-refractivity contribution >= 4 is 13.9 Å². The van der Waals surface area contributed by atoms with E-state index in [9.17, 15) is 0 Å². The Hall–Kier alpha value is 0.247. The minimum Gasteiger partial charge on any atom is -0.0936 e. The van der Waals surface area contributed by atoms with Gasteiger partial charge in [-0.3, -0.25) is 0 Å². The van der Waals surface area contributed by atoms with Crippen molar-refractivity contribution in [3.05, 3.63) is 30.3 Å². The number of hydrogen-bond acceptors (Lipinski definition) is 0. The van der Waals surface area contributed by atoms with Gasteiger partial charge in [0.1, 0.15) is 0 Å². The molecule has 0 saturated heterocycles. The molecule has 1 aromatic carbocycles. The molecule has 0 spiro atoms. The monoisotopic (exact) mass is 131 g/mol. The van der Waals surface area contributed by atoms with Crippen molar-refractivity contribution in [1.82, 2.24) is 0 Å². The van der Waals surface area contributed by atoms with Gasteiger partial charge in [-0.25, -0.2) is 0 Å². The van der Waals surface area contributed by atoms with Gasteiger partial charge in [0.25, 0.3) is 0 Å². The maximum absolute atomic E-state index is 2.19. The van der Waals surface area contributed by atoms with E-state index in [0.717, 1.165) is 8.58 Å². The van der Waals surface area contributed by atoms with Gasteiger partial charge in [-0.15, -0.1) is 0 Å². The third-order valence-corrected chi connectivity index (χ3v) is 1.97. The van der Waals surface area contributed by atoms with Gasteiger partial charge < -0.3 is 0 Å². The molecule has 0 radical (unpaired) electrons. The summed E-state index contributed by atoms with van der Waals surface area (Å²) in [6.45, 7) is 2.19. The Labute approximate surface area is 70.0 Å². The number of benzene rings is 1. The average Bonchev–Trinajstić information content (AvgIpc) is 1.90. The number of rotatable bonds is 1. The van der Waals surface area contributed by atoms with E-state index in [1.165, 1.54) is 5.30 Å². The van der Waals surface area contributed by atoms with Gasteiger partial charge >= 0.3 is 18.9 Å². The van der Waals surface area contributed by atoms with Crippen LogP contribution in [0.1, 0.15) is 0 Å². The Balaban J connectivity index is 0.000000640. The van der Waals surface area contributed by atoms with Gasteiger partial charge in [-0.2, -0.15) is 0 Å². The molecule has 0 aliphatic heterocycles. The first kappa shape index (κ1) is 9.25. The van der Waals surface area contributed by atoms with Crippen LogP contribution in [-0.2, 0) is 0 Å². The van der Waals surface area contributed by atoms with Crippen LogP contribution < -0.4 is 24.2 Å². The van der Waals surface area contributed by atoms with E-state index in [1.54, 1.807) is 0 Å². The van der Waals surface area contributed by atoms with E-state index in [1.807, 2.05) is 6.07 Å². The smallest absolute Gasteiger partial charge is 0.0936 e. The SMILES string of the molecule is CPc1ccccc1.[Li+]. The molecule has 0 amide bonds. The molecule has 1 unspecified atom stereocenters. The van der Waals surface area contributed by atoms with Crippen molar-refractivity contribution in [1.29, 1.82) is 0 Å². The fourth-order valence-electron chi connectivity index (χ4n) is 0.605. The second-order valence-corrected chi connectivity index (χ2v) is 2.69. The standard InChI is InChI=1S/C7H9P.Li/c1-8-7-5-3-2-4-6-7;/h2-6,8H,1H3;/q;+1. The molecule has 1 atom stereocenters. The van der Waals surface area contributed by atoms with Crippen molar-refractivity contribution < 1.29 is 18.9 Å². The maximum atomic E-state index is 2.19. The zero-order valence-electron chi connectivity index (χ0n) is 5.89. The summed E-state index contributed by atoms with van der Waals surface area (Å²) in [4.78, 5) is 0. The first-order valence-corrected chi connectivity index (χ1v) is 4.16. The quantitative estimate of drug-likeness (QED) is 0.325. The summed E-state index contributed by atoms with van der Waals surface area (Å²) < 4.78 is 0. The summed E-state index contributed by atoms with van der Waals surface area (Å²) in [7, 11) is 0.930. The first-order chi connectivity index (χ1) is 3.93. The molecule has 0 N–H and O–H groups in total. The molecule has 0 nitrogen and oxygen atoms in total. The molecule has 0 fully saturated rings. The molecule has 42 valence electrons. The second kappa shape index (κ2) is 5.07. The Bertz CT molecular complexity index is 150. The van der Waals surface area contributed by atoms with Crippen LogP contribution in [0.4, 0.5) is 0 Å². The van der Waals surface area contributed by atoms with Gasteiger partial charge in [0.2, 0.25) is 0 Å². The summed E-state index contributed by atoms with van der Waals surface area (Å²) >= 11 is 0. The van der Waals surface area contributed by atoms with E-state index in [-0.39, 0.29) is 18.9 Å². The minimum atomic E-state index is 0. The van der Waals surface area contributed by atoms with Crippen molar-refractivity contribution in [3.63, 3.8) is 0 Å². The van der Waals surface area contributed by atoms with Crippen molar-refractivity contribution in [2.45, 2.75) is 0 Å². The van der Waals surface area contributed by atoms with E-state index in [4.69, 9.17) is 0 Å². The van der Waals surface area contributed by atoms with Crippen LogP contribution in [0.2, 0.25) is 0 Å². The molecule has 0 aliphatic carbocycles. The number of hydrogen-bond donors (Lipinski definition) is 0. The molecular formula is C7H9LiP+. The predicted molar refractivity (Wildman–Crippen MR) is 40.3 cm³/mol. The van der Waals surface area contributed by atoms with Crippen LogP contribution >= 0.6 is 8.58 Å². The van der Waals surface area contributed by atoms with Crippen molar-refractivity contribution in [2.24, 2.45) is 0 Å². The molecule has 0 saturated carbocycles. The summed E-state index contributed by atoms with van der Waals surface area (Å²) in [5, 5.41) is 1.44. The molecule has 1 aromatic rings. The minimum absolute atomic E-state index is 0. The molecular weight excluding hydrogens is 122 g/mol. The summed E-state index contributed by atoms with van der Waals surface area (Å²) in [5.41, 5.74) is 0. The van der Waals surface area contributed by atoms with Crippen LogP contribution in [0.15, 0.2) is 30.3 Å². The largest absolute Gasteiger partial charge is 1.00 e. The predicted octanol–water partition coefficient (Wildman–Crippen LogP) is -1.38. The average molecular weight is 131 g/mol. The Morgan fingerprint density at radius 1 is 1.11 bits per heavy atom. The zero-order valence-corrected chi connectivity index (χ0v) is 6.89. The molecule has 0 heterocycles. The van der Waals surface area contributed by atoms with Gasteiger partial charge in [-0.05, 0) is 12.0 Å². The van der Waals surface area contributed by atoms with Gasteiger partial charge in [-0.1, -0.05) is 38.9 Å². The van der Waals surface area contributed by atoms with Crippen LogP contribution in [-0.4, -0.2) is 6.66 Å². The fourth-order valence-corrected chi connectivity index (χ4v) is 1.13. The summed E-state index contributed by atoms with van der Waals surface area (Å²) in [6, 6.07) is 10.5. The van der Waals surface area contributed by atoms with Crippen molar-refractivity contribution in [3.8, 4) is 0 Å². The van der Waals surface area contributed by atoms with E-state index in [0.29, 0.717) is 0 Å². The van der Waals surface area contributed by atoms with Crippen LogP contribution in [0.3, 0.4) is 0 Å². The third kappa shape index (κ3) is 3.07. The fraction of sp³-hybridized carbons (Fsp3) is 0.143. The van der Waals surface area contributed by atoms with Crippen molar-refractivity contribution in [2.75, 3.05) is 6.66 Å². The Morgan fingerprint density at radius 3 is 2.00 bits per heavy atom. The van der Waals surface area contributed by atoms with Gasteiger partial charge in [0, 0.05) is 0 Å². The zero-order chi connectivity index (χ0) is 5.82. The molecule has 9 heavy (non-hydrogen) atoms. The molecule has 2 heteroatoms. The van der Waals surface area contributed by atoms with Crippen LogP contribution in [0.25, 0.3) is 0 Å². The Kier molecular flexibility index (Phi) is 5.20.